The van der Waals surface area contributed by atoms with Crippen molar-refractivity contribution in [3.63, 3.8) is 0 Å². The zero-order chi connectivity index (χ0) is 15.1. The number of hydrogen-bond donors (Lipinski definition) is 0. The Hall–Kier alpha value is -1.12. The summed E-state index contributed by atoms with van der Waals surface area (Å²) in [7, 11) is 0. The van der Waals surface area contributed by atoms with Crippen LogP contribution in [0.25, 0.3) is 0 Å². The smallest absolute Gasteiger partial charge is 0.387 e. The van der Waals surface area contributed by atoms with E-state index in [1.54, 1.807) is 18.2 Å². The van der Waals surface area contributed by atoms with E-state index in [0.29, 0.717) is 5.92 Å². The zero-order valence-electron chi connectivity index (χ0n) is 12.9. The van der Waals surface area contributed by atoms with Crippen molar-refractivity contribution >= 4 is 0 Å². The summed E-state index contributed by atoms with van der Waals surface area (Å²) in [6.45, 7) is -0.491. The van der Waals surface area contributed by atoms with Crippen LogP contribution >= 0.6 is 0 Å². The van der Waals surface area contributed by atoms with Gasteiger partial charge in [0.2, 0.25) is 0 Å². The molecule has 1 aromatic carbocycles. The molecule has 0 bridgehead atoms. The molecule has 21 heavy (non-hydrogen) atoms. The van der Waals surface area contributed by atoms with Crippen LogP contribution in [-0.4, -0.2) is 6.61 Å². The molecule has 0 aromatic heterocycles. The minimum atomic E-state index is -2.74. The maximum Gasteiger partial charge on any atom is 0.387 e. The second kappa shape index (κ2) is 8.35. The highest BCUT2D eigenvalue weighted by Gasteiger charge is 2.21. The lowest BCUT2D eigenvalue weighted by atomic mass is 9.77. The van der Waals surface area contributed by atoms with E-state index in [0.717, 1.165) is 17.9 Å². The van der Waals surface area contributed by atoms with Crippen molar-refractivity contribution in [2.45, 2.75) is 64.9 Å². The predicted octanol–water partition coefficient (Wildman–Crippen LogP) is 5.83. The van der Waals surface area contributed by atoms with E-state index in [9.17, 15) is 8.78 Å². The highest BCUT2D eigenvalue weighted by atomic mass is 19.3. The van der Waals surface area contributed by atoms with Crippen LogP contribution in [0, 0.1) is 11.8 Å². The first-order valence-electron chi connectivity index (χ1n) is 8.21. The fraction of sp³-hybridized carbons (Fsp3) is 0.667. The third-order valence-corrected chi connectivity index (χ3v) is 4.58. The number of ether oxygens (including phenoxy) is 1. The van der Waals surface area contributed by atoms with E-state index < -0.39 is 6.61 Å². The Bertz CT molecular complexity index is 411. The van der Waals surface area contributed by atoms with Crippen LogP contribution in [0.5, 0.6) is 5.75 Å². The SMILES string of the molecule is CCCCC1CCC(Cc2cccc(OC(F)F)c2)CC1. The summed E-state index contributed by atoms with van der Waals surface area (Å²) in [5.41, 5.74) is 1.12. The van der Waals surface area contributed by atoms with Gasteiger partial charge in [0, 0.05) is 0 Å². The topological polar surface area (TPSA) is 9.23 Å². The molecule has 1 aliphatic carbocycles. The van der Waals surface area contributed by atoms with Gasteiger partial charge in [0.1, 0.15) is 5.75 Å². The Morgan fingerprint density at radius 3 is 2.52 bits per heavy atom. The first-order valence-corrected chi connectivity index (χ1v) is 8.21. The summed E-state index contributed by atoms with van der Waals surface area (Å²) < 4.78 is 28.9. The average molecular weight is 296 g/mol. The van der Waals surface area contributed by atoms with Gasteiger partial charge in [-0.2, -0.15) is 8.78 Å². The lowest BCUT2D eigenvalue weighted by Gasteiger charge is -2.28. The van der Waals surface area contributed by atoms with Crippen molar-refractivity contribution in [3.8, 4) is 5.75 Å². The second-order valence-electron chi connectivity index (χ2n) is 6.26. The Morgan fingerprint density at radius 2 is 1.86 bits per heavy atom. The van der Waals surface area contributed by atoms with Gasteiger partial charge in [-0.1, -0.05) is 51.2 Å². The molecule has 1 fully saturated rings. The summed E-state index contributed by atoms with van der Waals surface area (Å²) in [5, 5.41) is 0. The van der Waals surface area contributed by atoms with Gasteiger partial charge in [-0.15, -0.1) is 0 Å². The quantitative estimate of drug-likeness (QED) is 0.615. The minimum absolute atomic E-state index is 0.277. The summed E-state index contributed by atoms with van der Waals surface area (Å²) in [6.07, 6.45) is 10.2. The Labute approximate surface area is 126 Å². The molecule has 0 unspecified atom stereocenters. The van der Waals surface area contributed by atoms with E-state index >= 15 is 0 Å². The first-order chi connectivity index (χ1) is 10.2. The monoisotopic (exact) mass is 296 g/mol. The first kappa shape index (κ1) is 16.3. The molecule has 1 aromatic rings. The van der Waals surface area contributed by atoms with Gasteiger partial charge in [-0.25, -0.2) is 0 Å². The van der Waals surface area contributed by atoms with Crippen LogP contribution in [0.3, 0.4) is 0 Å². The van der Waals surface area contributed by atoms with Gasteiger partial charge in [0.05, 0.1) is 0 Å². The van der Waals surface area contributed by atoms with Crippen molar-refractivity contribution in [1.82, 2.24) is 0 Å². The molecule has 0 radical (unpaired) electrons. The van der Waals surface area contributed by atoms with Gasteiger partial charge in [0.15, 0.2) is 0 Å². The van der Waals surface area contributed by atoms with Crippen molar-refractivity contribution in [2.75, 3.05) is 0 Å². The lowest BCUT2D eigenvalue weighted by molar-refractivity contribution is -0.0498. The Kier molecular flexibility index (Phi) is 6.47. The van der Waals surface area contributed by atoms with Crippen molar-refractivity contribution in [2.24, 2.45) is 11.8 Å². The fourth-order valence-electron chi connectivity index (χ4n) is 3.40. The summed E-state index contributed by atoms with van der Waals surface area (Å²) in [5.74, 6) is 1.89. The average Bonchev–Trinajstić information content (AvgIpc) is 2.46. The van der Waals surface area contributed by atoms with E-state index in [2.05, 4.69) is 11.7 Å². The number of rotatable bonds is 7. The molecule has 0 N–H and O–H groups in total. The molecule has 0 amide bonds. The molecule has 1 saturated carbocycles. The third kappa shape index (κ3) is 5.64. The van der Waals surface area contributed by atoms with Crippen LogP contribution in [0.15, 0.2) is 24.3 Å². The molecular weight excluding hydrogens is 270 g/mol. The van der Waals surface area contributed by atoms with Gasteiger partial charge in [-0.3, -0.25) is 0 Å². The molecule has 2 rings (SSSR count). The van der Waals surface area contributed by atoms with Gasteiger partial charge in [0.25, 0.3) is 0 Å². The maximum absolute atomic E-state index is 12.2. The van der Waals surface area contributed by atoms with Crippen LogP contribution in [0.2, 0.25) is 0 Å². The maximum atomic E-state index is 12.2. The van der Waals surface area contributed by atoms with E-state index in [1.807, 2.05) is 6.07 Å². The van der Waals surface area contributed by atoms with Gasteiger partial charge in [-0.05, 0) is 48.8 Å². The van der Waals surface area contributed by atoms with Gasteiger partial charge < -0.3 is 4.74 Å². The molecule has 1 aliphatic rings. The molecule has 0 atom stereocenters. The summed E-state index contributed by atoms with van der Waals surface area (Å²) >= 11 is 0. The van der Waals surface area contributed by atoms with Crippen LogP contribution in [0.4, 0.5) is 8.78 Å². The fourth-order valence-corrected chi connectivity index (χ4v) is 3.40. The van der Waals surface area contributed by atoms with Crippen molar-refractivity contribution in [3.05, 3.63) is 29.8 Å². The van der Waals surface area contributed by atoms with Crippen molar-refractivity contribution < 1.29 is 13.5 Å². The standard InChI is InChI=1S/C18H26F2O/c1-2-3-5-14-8-10-15(11-9-14)12-16-6-4-7-17(13-16)21-18(19)20/h4,6-7,13-15,18H,2-3,5,8-12H2,1H3. The number of hydrogen-bond acceptors (Lipinski definition) is 1. The summed E-state index contributed by atoms with van der Waals surface area (Å²) in [4.78, 5) is 0. The number of halogens is 2. The second-order valence-corrected chi connectivity index (χ2v) is 6.26. The molecule has 0 heterocycles. The molecule has 0 spiro atoms. The zero-order valence-corrected chi connectivity index (χ0v) is 12.9. The Balaban J connectivity index is 1.80. The predicted molar refractivity (Wildman–Crippen MR) is 81.8 cm³/mol. The van der Waals surface area contributed by atoms with E-state index in [1.165, 1.54) is 44.9 Å². The van der Waals surface area contributed by atoms with Crippen LogP contribution < -0.4 is 4.74 Å². The normalized spacial score (nSPS) is 22.5. The van der Waals surface area contributed by atoms with Gasteiger partial charge >= 0.3 is 6.61 Å². The molecule has 118 valence electrons. The highest BCUT2D eigenvalue weighted by molar-refractivity contribution is 5.28. The van der Waals surface area contributed by atoms with E-state index in [-0.39, 0.29) is 5.75 Å². The number of alkyl halides is 2. The molecule has 0 saturated heterocycles. The third-order valence-electron chi connectivity index (χ3n) is 4.58. The van der Waals surface area contributed by atoms with Crippen LogP contribution in [0.1, 0.15) is 57.4 Å². The Morgan fingerprint density at radius 1 is 1.14 bits per heavy atom. The highest BCUT2D eigenvalue weighted by Crippen LogP contribution is 2.34. The largest absolute Gasteiger partial charge is 0.435 e. The molecular formula is C18H26F2O. The molecule has 3 heteroatoms. The van der Waals surface area contributed by atoms with Crippen LogP contribution in [-0.2, 0) is 6.42 Å². The van der Waals surface area contributed by atoms with E-state index in [4.69, 9.17) is 0 Å². The molecule has 0 aliphatic heterocycles. The lowest BCUT2D eigenvalue weighted by Crippen LogP contribution is -2.16. The van der Waals surface area contributed by atoms with Crippen molar-refractivity contribution in [1.29, 1.82) is 0 Å². The number of benzene rings is 1. The number of unbranched alkanes of at least 4 members (excludes halogenated alkanes) is 1. The minimum Gasteiger partial charge on any atom is -0.435 e. The summed E-state index contributed by atoms with van der Waals surface area (Å²) in [6, 6.07) is 7.17. The molecule has 1 nitrogen and oxygen atoms in total.